The largest absolute Gasteiger partial charge is 0.303 e. The second kappa shape index (κ2) is 4.15. The lowest BCUT2D eigenvalue weighted by atomic mass is 10.1. The van der Waals surface area contributed by atoms with Gasteiger partial charge in [-0.1, -0.05) is 11.6 Å². The number of nitro benzene ring substituents is 1. The van der Waals surface area contributed by atoms with E-state index in [0.29, 0.717) is 6.29 Å². The molecule has 0 aromatic heterocycles. The zero-order valence-corrected chi connectivity index (χ0v) is 7.62. The quantitative estimate of drug-likeness (QED) is 0.443. The van der Waals surface area contributed by atoms with Crippen LogP contribution in [0.4, 0.5) is 10.1 Å². The third kappa shape index (κ3) is 2.05. The molecule has 0 amide bonds. The molecule has 0 unspecified atom stereocenters. The second-order valence-corrected chi connectivity index (χ2v) is 2.93. The van der Waals surface area contributed by atoms with Crippen molar-refractivity contribution in [2.45, 2.75) is 6.42 Å². The smallest absolute Gasteiger partial charge is 0.288 e. The predicted molar refractivity (Wildman–Crippen MR) is 47.8 cm³/mol. The first-order valence-corrected chi connectivity index (χ1v) is 4.00. The first-order valence-electron chi connectivity index (χ1n) is 3.62. The van der Waals surface area contributed by atoms with Crippen molar-refractivity contribution < 1.29 is 14.1 Å². The van der Waals surface area contributed by atoms with E-state index in [-0.39, 0.29) is 17.0 Å². The molecule has 0 spiro atoms. The molecule has 6 heteroatoms. The van der Waals surface area contributed by atoms with Crippen LogP contribution in [0, 0.1) is 15.9 Å². The number of carbonyl (C=O) groups is 1. The third-order valence-electron chi connectivity index (χ3n) is 1.62. The molecule has 0 aliphatic heterocycles. The monoisotopic (exact) mass is 217 g/mol. The van der Waals surface area contributed by atoms with E-state index in [9.17, 15) is 19.3 Å². The van der Waals surface area contributed by atoms with Crippen molar-refractivity contribution in [2.75, 3.05) is 0 Å². The number of nitro groups is 1. The van der Waals surface area contributed by atoms with E-state index in [1.165, 1.54) is 0 Å². The Hall–Kier alpha value is -1.49. The molecule has 0 aliphatic rings. The van der Waals surface area contributed by atoms with Crippen molar-refractivity contribution in [3.63, 3.8) is 0 Å². The van der Waals surface area contributed by atoms with E-state index in [2.05, 4.69) is 0 Å². The van der Waals surface area contributed by atoms with Gasteiger partial charge in [0.15, 0.2) is 0 Å². The fourth-order valence-corrected chi connectivity index (χ4v) is 1.19. The molecular weight excluding hydrogens is 213 g/mol. The summed E-state index contributed by atoms with van der Waals surface area (Å²) in [5, 5.41) is 10.1. The highest BCUT2D eigenvalue weighted by molar-refractivity contribution is 6.32. The van der Waals surface area contributed by atoms with Gasteiger partial charge in [0.1, 0.15) is 17.1 Å². The molecule has 0 heterocycles. The van der Waals surface area contributed by atoms with E-state index >= 15 is 0 Å². The van der Waals surface area contributed by atoms with Crippen molar-refractivity contribution in [3.05, 3.63) is 38.7 Å². The average Bonchev–Trinajstić information content (AvgIpc) is 2.09. The molecule has 0 radical (unpaired) electrons. The van der Waals surface area contributed by atoms with Gasteiger partial charge in [-0.25, -0.2) is 4.39 Å². The molecule has 0 N–H and O–H groups in total. The fraction of sp³-hybridized carbons (Fsp3) is 0.125. The van der Waals surface area contributed by atoms with Crippen LogP contribution in [0.1, 0.15) is 5.56 Å². The van der Waals surface area contributed by atoms with Crippen molar-refractivity contribution in [1.29, 1.82) is 0 Å². The minimum absolute atomic E-state index is 0.0314. The summed E-state index contributed by atoms with van der Waals surface area (Å²) < 4.78 is 13.0. The summed E-state index contributed by atoms with van der Waals surface area (Å²) in [5.41, 5.74) is -0.430. The topological polar surface area (TPSA) is 60.2 Å². The first-order chi connectivity index (χ1) is 6.56. The van der Waals surface area contributed by atoms with Crippen molar-refractivity contribution in [1.82, 2.24) is 0 Å². The van der Waals surface area contributed by atoms with Crippen LogP contribution in [0.15, 0.2) is 12.1 Å². The molecule has 0 saturated carbocycles. The number of nitrogens with zero attached hydrogens (tertiary/aromatic N) is 1. The summed E-state index contributed by atoms with van der Waals surface area (Å²) in [5.74, 6) is -0.715. The van der Waals surface area contributed by atoms with Crippen LogP contribution in [0.3, 0.4) is 0 Å². The van der Waals surface area contributed by atoms with Crippen LogP contribution in [0.5, 0.6) is 0 Å². The summed E-state index contributed by atoms with van der Waals surface area (Å²) >= 11 is 5.43. The van der Waals surface area contributed by atoms with Gasteiger partial charge in [-0.2, -0.15) is 0 Å². The number of carbonyl (C=O) groups excluding carboxylic acids is 1. The summed E-state index contributed by atoms with van der Waals surface area (Å²) in [6.45, 7) is 0. The van der Waals surface area contributed by atoms with Crippen molar-refractivity contribution >= 4 is 23.6 Å². The molecule has 14 heavy (non-hydrogen) atoms. The molecule has 0 saturated heterocycles. The number of rotatable bonds is 3. The van der Waals surface area contributed by atoms with Gasteiger partial charge >= 0.3 is 0 Å². The number of hydrogen-bond donors (Lipinski definition) is 0. The van der Waals surface area contributed by atoms with E-state index in [0.717, 1.165) is 12.1 Å². The van der Waals surface area contributed by atoms with Gasteiger partial charge in [0.25, 0.3) is 5.69 Å². The highest BCUT2D eigenvalue weighted by Gasteiger charge is 2.16. The van der Waals surface area contributed by atoms with E-state index < -0.39 is 16.4 Å². The summed E-state index contributed by atoms with van der Waals surface area (Å²) in [7, 11) is 0. The number of hydrogen-bond acceptors (Lipinski definition) is 3. The van der Waals surface area contributed by atoms with Gasteiger partial charge in [-0.3, -0.25) is 10.1 Å². The summed E-state index contributed by atoms with van der Waals surface area (Å²) in [4.78, 5) is 19.8. The Balaban J connectivity index is 3.26. The lowest BCUT2D eigenvalue weighted by molar-refractivity contribution is -0.384. The molecule has 0 bridgehead atoms. The second-order valence-electron chi connectivity index (χ2n) is 2.52. The molecule has 0 aliphatic carbocycles. The van der Waals surface area contributed by atoms with Gasteiger partial charge < -0.3 is 4.79 Å². The Morgan fingerprint density at radius 2 is 2.21 bits per heavy atom. The lowest BCUT2D eigenvalue weighted by Crippen LogP contribution is -1.96. The Morgan fingerprint density at radius 3 is 2.71 bits per heavy atom. The molecule has 0 atom stereocenters. The van der Waals surface area contributed by atoms with Gasteiger partial charge in [-0.05, 0) is 6.07 Å². The standard InChI is InChI=1S/C8H5ClFNO3/c9-6-4-7(10)5(1-2-12)3-8(6)11(13)14/h2-4H,1H2. The van der Waals surface area contributed by atoms with Crippen LogP contribution in [0.2, 0.25) is 5.02 Å². The summed E-state index contributed by atoms with van der Waals surface area (Å²) in [6, 6.07) is 1.80. The van der Waals surface area contributed by atoms with Crippen LogP contribution >= 0.6 is 11.6 Å². The molecular formula is C8H5ClFNO3. The highest BCUT2D eigenvalue weighted by Crippen LogP contribution is 2.27. The van der Waals surface area contributed by atoms with Crippen LogP contribution in [-0.4, -0.2) is 11.2 Å². The maximum atomic E-state index is 13.0. The normalized spacial score (nSPS) is 9.86. The van der Waals surface area contributed by atoms with Gasteiger partial charge in [0.2, 0.25) is 0 Å². The lowest BCUT2D eigenvalue weighted by Gasteiger charge is -2.00. The average molecular weight is 218 g/mol. The predicted octanol–water partition coefficient (Wildman–Crippen LogP) is 2.13. The SMILES string of the molecule is O=CCc1cc([N+](=O)[O-])c(Cl)cc1F. The molecule has 4 nitrogen and oxygen atoms in total. The van der Waals surface area contributed by atoms with Gasteiger partial charge in [-0.15, -0.1) is 0 Å². The molecule has 1 aromatic rings. The minimum Gasteiger partial charge on any atom is -0.303 e. The van der Waals surface area contributed by atoms with E-state index in [1.54, 1.807) is 0 Å². The number of benzene rings is 1. The third-order valence-corrected chi connectivity index (χ3v) is 1.92. The van der Waals surface area contributed by atoms with E-state index in [1.807, 2.05) is 0 Å². The first kappa shape index (κ1) is 10.6. The Kier molecular flexibility index (Phi) is 3.14. The number of aldehydes is 1. The van der Waals surface area contributed by atoms with Crippen molar-refractivity contribution in [3.8, 4) is 0 Å². The van der Waals surface area contributed by atoms with Gasteiger partial charge in [0.05, 0.1) is 4.92 Å². The molecule has 74 valence electrons. The Morgan fingerprint density at radius 1 is 1.57 bits per heavy atom. The maximum Gasteiger partial charge on any atom is 0.288 e. The highest BCUT2D eigenvalue weighted by atomic mass is 35.5. The van der Waals surface area contributed by atoms with Gasteiger partial charge in [0, 0.05) is 18.1 Å². The number of halogens is 2. The zero-order valence-electron chi connectivity index (χ0n) is 6.87. The summed E-state index contributed by atoms with van der Waals surface area (Å²) in [6.07, 6.45) is 0.264. The zero-order chi connectivity index (χ0) is 10.7. The van der Waals surface area contributed by atoms with Crippen LogP contribution in [-0.2, 0) is 11.2 Å². The Bertz CT molecular complexity index is 394. The van der Waals surface area contributed by atoms with Crippen LogP contribution < -0.4 is 0 Å². The maximum absolute atomic E-state index is 13.0. The minimum atomic E-state index is -0.726. The Labute approximate surface area is 83.4 Å². The van der Waals surface area contributed by atoms with Crippen molar-refractivity contribution in [2.24, 2.45) is 0 Å². The molecule has 1 rings (SSSR count). The fourth-order valence-electron chi connectivity index (χ4n) is 0.967. The van der Waals surface area contributed by atoms with E-state index in [4.69, 9.17) is 11.6 Å². The molecule has 0 fully saturated rings. The van der Waals surface area contributed by atoms with Crippen LogP contribution in [0.25, 0.3) is 0 Å². The molecule has 1 aromatic carbocycles.